The van der Waals surface area contributed by atoms with Crippen molar-refractivity contribution in [3.63, 3.8) is 0 Å². The molecule has 1 amide bonds. The van der Waals surface area contributed by atoms with Gasteiger partial charge in [-0.2, -0.15) is 0 Å². The first kappa shape index (κ1) is 18.4. The zero-order valence-electron chi connectivity index (χ0n) is 14.8. The Kier molecular flexibility index (Phi) is 6.35. The summed E-state index contributed by atoms with van der Waals surface area (Å²) in [6.45, 7) is 0.270. The zero-order chi connectivity index (χ0) is 18.9. The molecule has 0 aliphatic rings. The maximum absolute atomic E-state index is 11.8. The predicted octanol–water partition coefficient (Wildman–Crippen LogP) is 3.13. The molecule has 0 bridgehead atoms. The van der Waals surface area contributed by atoms with Crippen LogP contribution in [0.5, 0.6) is 0 Å². The van der Waals surface area contributed by atoms with Crippen molar-refractivity contribution in [1.29, 1.82) is 0 Å². The molecule has 0 unspecified atom stereocenters. The van der Waals surface area contributed by atoms with Gasteiger partial charge in [0.1, 0.15) is 12.3 Å². The van der Waals surface area contributed by atoms with E-state index in [1.165, 1.54) is 0 Å². The van der Waals surface area contributed by atoms with Crippen LogP contribution >= 0.6 is 0 Å². The monoisotopic (exact) mass is 364 g/mol. The lowest BCUT2D eigenvalue weighted by Gasteiger charge is -2.05. The van der Waals surface area contributed by atoms with Gasteiger partial charge in [-0.15, -0.1) is 0 Å². The van der Waals surface area contributed by atoms with Crippen molar-refractivity contribution in [3.8, 4) is 11.3 Å². The first-order chi connectivity index (χ1) is 13.2. The molecule has 1 heterocycles. The summed E-state index contributed by atoms with van der Waals surface area (Å²) in [6.07, 6.45) is 0.390. The molecule has 0 fully saturated rings. The maximum Gasteiger partial charge on any atom is 0.307 e. The third kappa shape index (κ3) is 5.81. The van der Waals surface area contributed by atoms with Gasteiger partial charge in [0.15, 0.2) is 5.76 Å². The van der Waals surface area contributed by atoms with Crippen LogP contribution in [0.2, 0.25) is 0 Å². The van der Waals surface area contributed by atoms with Gasteiger partial charge in [-0.05, 0) is 5.56 Å². The van der Waals surface area contributed by atoms with Crippen molar-refractivity contribution in [2.75, 3.05) is 6.54 Å². The molecule has 0 saturated carbocycles. The summed E-state index contributed by atoms with van der Waals surface area (Å²) >= 11 is 0. The van der Waals surface area contributed by atoms with E-state index < -0.39 is 5.97 Å². The van der Waals surface area contributed by atoms with Crippen molar-refractivity contribution < 1.29 is 18.8 Å². The number of rotatable bonds is 8. The van der Waals surface area contributed by atoms with Crippen LogP contribution in [-0.2, 0) is 27.4 Å². The van der Waals surface area contributed by atoms with Gasteiger partial charge < -0.3 is 14.6 Å². The Hall–Kier alpha value is -3.41. The summed E-state index contributed by atoms with van der Waals surface area (Å²) in [5, 5.41) is 6.61. The molecule has 0 atom stereocenters. The number of ether oxygens (including phenoxy) is 1. The summed E-state index contributed by atoms with van der Waals surface area (Å²) in [5.41, 5.74) is 2.37. The van der Waals surface area contributed by atoms with E-state index in [1.54, 1.807) is 6.07 Å². The number of carbonyl (C=O) groups is 2. The Bertz CT molecular complexity index is 875. The van der Waals surface area contributed by atoms with Crippen molar-refractivity contribution in [2.45, 2.75) is 19.4 Å². The molecular weight excluding hydrogens is 344 g/mol. The smallest absolute Gasteiger partial charge is 0.307 e. The van der Waals surface area contributed by atoms with E-state index in [4.69, 9.17) is 9.26 Å². The average molecular weight is 364 g/mol. The molecule has 138 valence electrons. The fourth-order valence-electron chi connectivity index (χ4n) is 2.49. The number of benzene rings is 2. The Morgan fingerprint density at radius 2 is 1.70 bits per heavy atom. The quantitative estimate of drug-likeness (QED) is 0.621. The number of nitrogens with one attached hydrogen (secondary N) is 1. The molecule has 3 aromatic rings. The topological polar surface area (TPSA) is 81.4 Å². The van der Waals surface area contributed by atoms with Crippen molar-refractivity contribution in [3.05, 3.63) is 78.0 Å². The second-order valence-corrected chi connectivity index (χ2v) is 5.97. The van der Waals surface area contributed by atoms with E-state index in [1.807, 2.05) is 60.7 Å². The largest absolute Gasteiger partial charge is 0.459 e. The van der Waals surface area contributed by atoms with Gasteiger partial charge in [-0.3, -0.25) is 9.59 Å². The lowest BCUT2D eigenvalue weighted by molar-refractivity contribution is -0.145. The highest BCUT2D eigenvalue weighted by Gasteiger charge is 2.10. The molecule has 1 N–H and O–H groups in total. The van der Waals surface area contributed by atoms with E-state index in [0.717, 1.165) is 11.1 Å². The number of carbonyl (C=O) groups excluding carboxylic acids is 2. The molecular formula is C21H20N2O4. The molecule has 6 heteroatoms. The van der Waals surface area contributed by atoms with Crippen LogP contribution in [0.25, 0.3) is 11.3 Å². The number of aromatic nitrogens is 1. The van der Waals surface area contributed by atoms with E-state index >= 15 is 0 Å². The van der Waals surface area contributed by atoms with Crippen LogP contribution in [-0.4, -0.2) is 23.6 Å². The maximum atomic E-state index is 11.8. The molecule has 27 heavy (non-hydrogen) atoms. The molecule has 1 aromatic heterocycles. The molecule has 0 aliphatic carbocycles. The first-order valence-corrected chi connectivity index (χ1v) is 8.68. The van der Waals surface area contributed by atoms with Crippen LogP contribution in [0.4, 0.5) is 0 Å². The van der Waals surface area contributed by atoms with E-state index in [-0.39, 0.29) is 31.9 Å². The Morgan fingerprint density at radius 3 is 2.44 bits per heavy atom. The van der Waals surface area contributed by atoms with Gasteiger partial charge >= 0.3 is 5.97 Å². The molecule has 0 spiro atoms. The lowest BCUT2D eigenvalue weighted by Crippen LogP contribution is -2.27. The predicted molar refractivity (Wildman–Crippen MR) is 99.5 cm³/mol. The van der Waals surface area contributed by atoms with Crippen molar-refractivity contribution >= 4 is 11.9 Å². The van der Waals surface area contributed by atoms with Gasteiger partial charge in [-0.25, -0.2) is 0 Å². The minimum Gasteiger partial charge on any atom is -0.459 e. The second-order valence-electron chi connectivity index (χ2n) is 5.97. The molecule has 0 aliphatic heterocycles. The second kappa shape index (κ2) is 9.33. The minimum absolute atomic E-state index is 0.0348. The van der Waals surface area contributed by atoms with Gasteiger partial charge in [-0.1, -0.05) is 65.8 Å². The lowest BCUT2D eigenvalue weighted by atomic mass is 10.1. The van der Waals surface area contributed by atoms with E-state index in [0.29, 0.717) is 11.5 Å². The summed E-state index contributed by atoms with van der Waals surface area (Å²) < 4.78 is 10.4. The average Bonchev–Trinajstić information content (AvgIpc) is 3.17. The summed E-state index contributed by atoms with van der Waals surface area (Å²) in [5.74, 6) is 0.0899. The fraction of sp³-hybridized carbons (Fsp3) is 0.190. The van der Waals surface area contributed by atoms with Crippen molar-refractivity contribution in [2.24, 2.45) is 0 Å². The highest BCUT2D eigenvalue weighted by molar-refractivity contribution is 5.79. The number of nitrogens with zero attached hydrogens (tertiary/aromatic N) is 1. The first-order valence-electron chi connectivity index (χ1n) is 8.68. The number of hydrogen-bond acceptors (Lipinski definition) is 5. The van der Waals surface area contributed by atoms with Crippen LogP contribution in [0.3, 0.4) is 0 Å². The molecule has 0 saturated heterocycles. The van der Waals surface area contributed by atoms with E-state index in [2.05, 4.69) is 10.5 Å². The van der Waals surface area contributed by atoms with Gasteiger partial charge in [0, 0.05) is 18.2 Å². The minimum atomic E-state index is -0.403. The van der Waals surface area contributed by atoms with Crippen LogP contribution < -0.4 is 5.32 Å². The standard InChI is InChI=1S/C21H20N2O4/c24-20(13-16-7-3-1-4-8-16)22-12-11-21(25)26-15-18-14-19(27-23-18)17-9-5-2-6-10-17/h1-10,14H,11-13,15H2,(H,22,24). The number of hydrogen-bond donors (Lipinski definition) is 1. The molecule has 6 nitrogen and oxygen atoms in total. The van der Waals surface area contributed by atoms with Gasteiger partial charge in [0.2, 0.25) is 5.91 Å². The third-order valence-corrected chi connectivity index (χ3v) is 3.86. The Labute approximate surface area is 157 Å². The molecule has 0 radical (unpaired) electrons. The SMILES string of the molecule is O=C(Cc1ccccc1)NCCC(=O)OCc1cc(-c2ccccc2)on1. The molecule has 2 aromatic carbocycles. The summed E-state index contributed by atoms with van der Waals surface area (Å²) in [4.78, 5) is 23.6. The fourth-order valence-corrected chi connectivity index (χ4v) is 2.49. The van der Waals surface area contributed by atoms with Crippen LogP contribution in [0, 0.1) is 0 Å². The van der Waals surface area contributed by atoms with Gasteiger partial charge in [0.25, 0.3) is 0 Å². The summed E-state index contributed by atoms with van der Waals surface area (Å²) in [7, 11) is 0. The third-order valence-electron chi connectivity index (χ3n) is 3.86. The number of esters is 1. The summed E-state index contributed by atoms with van der Waals surface area (Å²) in [6, 6.07) is 20.7. The Morgan fingerprint density at radius 1 is 1.00 bits per heavy atom. The van der Waals surface area contributed by atoms with Crippen LogP contribution in [0.1, 0.15) is 17.7 Å². The van der Waals surface area contributed by atoms with Crippen LogP contribution in [0.15, 0.2) is 71.3 Å². The highest BCUT2D eigenvalue weighted by atomic mass is 16.5. The number of amides is 1. The Balaban J connectivity index is 1.36. The molecule has 3 rings (SSSR count). The van der Waals surface area contributed by atoms with E-state index in [9.17, 15) is 9.59 Å². The highest BCUT2D eigenvalue weighted by Crippen LogP contribution is 2.19. The normalized spacial score (nSPS) is 10.4. The zero-order valence-corrected chi connectivity index (χ0v) is 14.8. The van der Waals surface area contributed by atoms with Crippen molar-refractivity contribution in [1.82, 2.24) is 10.5 Å². The van der Waals surface area contributed by atoms with Gasteiger partial charge in [0.05, 0.1) is 12.8 Å².